The normalized spacial score (nSPS) is 12.1. The van der Waals surface area contributed by atoms with Crippen LogP contribution < -0.4 is 0 Å². The first-order chi connectivity index (χ1) is 29.2. The van der Waals surface area contributed by atoms with Gasteiger partial charge in [-0.15, -0.1) is 11.3 Å². The van der Waals surface area contributed by atoms with Crippen molar-refractivity contribution in [1.29, 1.82) is 5.26 Å². The molecule has 0 atom stereocenters. The van der Waals surface area contributed by atoms with Crippen molar-refractivity contribution in [1.82, 2.24) is 0 Å². The highest BCUT2D eigenvalue weighted by Gasteiger charge is 2.18. The van der Waals surface area contributed by atoms with Crippen molar-refractivity contribution in [2.45, 2.75) is 0 Å². The minimum atomic E-state index is 0.673. The minimum Gasteiger partial charge on any atom is -0.192 e. The summed E-state index contributed by atoms with van der Waals surface area (Å²) in [4.78, 5) is 0. The molecular formula is C57H31NS. The molecule has 0 amide bonds. The largest absolute Gasteiger partial charge is 0.192 e. The van der Waals surface area contributed by atoms with E-state index in [1.807, 2.05) is 23.5 Å². The molecule has 1 heterocycles. The molecule has 12 aromatic carbocycles. The SMILES string of the molecule is N#Cc1ccc(-c2ccc3ccc4ccc(-c5cccc(-c6ccc7c(c6)c6ccccc6c6c7ccc7c8cc9ccccc9cc8sc76)c5)c5ccc2c3c45)cc1. The maximum absolute atomic E-state index is 9.39. The van der Waals surface area contributed by atoms with Gasteiger partial charge in [-0.25, -0.2) is 0 Å². The molecule has 2 heteroatoms. The first-order valence-corrected chi connectivity index (χ1v) is 20.9. The lowest BCUT2D eigenvalue weighted by Gasteiger charge is -2.17. The van der Waals surface area contributed by atoms with E-state index in [2.05, 4.69) is 182 Å². The molecule has 13 aromatic rings. The number of thiophene rings is 1. The van der Waals surface area contributed by atoms with E-state index in [9.17, 15) is 5.26 Å². The average molecular weight is 762 g/mol. The molecule has 1 nitrogen and oxygen atoms in total. The van der Waals surface area contributed by atoms with E-state index in [0.717, 1.165) is 5.56 Å². The zero-order valence-electron chi connectivity index (χ0n) is 31.8. The van der Waals surface area contributed by atoms with Crippen LogP contribution in [-0.4, -0.2) is 0 Å². The summed E-state index contributed by atoms with van der Waals surface area (Å²) in [6.07, 6.45) is 0. The number of benzene rings is 12. The van der Waals surface area contributed by atoms with Crippen molar-refractivity contribution in [2.75, 3.05) is 0 Å². The second kappa shape index (κ2) is 12.2. The van der Waals surface area contributed by atoms with E-state index >= 15 is 0 Å². The van der Waals surface area contributed by atoms with Crippen molar-refractivity contribution < 1.29 is 0 Å². The standard InChI is InChI=1S/C57H31NS/c58-32-33-12-14-34(15-13-33)42-21-18-35-16-17-36-19-22-43(48-25-24-47(42)54(35)55(36)48)41-9-5-8-37(28-41)40-20-23-45-49-26-27-50-52-30-38-6-1-2-7-39(38)31-53(52)59-57(50)56(49)46-11-4-3-10-44(46)51(45)29-40/h1-31H. The van der Waals surface area contributed by atoms with Gasteiger partial charge >= 0.3 is 0 Å². The molecule has 0 aliphatic carbocycles. The summed E-state index contributed by atoms with van der Waals surface area (Å²) in [5.74, 6) is 0. The van der Waals surface area contributed by atoms with Crippen LogP contribution in [0.2, 0.25) is 0 Å². The molecule has 0 saturated carbocycles. The van der Waals surface area contributed by atoms with Crippen LogP contribution in [0.3, 0.4) is 0 Å². The molecular weight excluding hydrogens is 731 g/mol. The van der Waals surface area contributed by atoms with Crippen molar-refractivity contribution >= 4 is 107 Å². The van der Waals surface area contributed by atoms with Gasteiger partial charge in [0.2, 0.25) is 0 Å². The van der Waals surface area contributed by atoms with E-state index in [1.54, 1.807) is 0 Å². The molecule has 0 radical (unpaired) electrons. The Kier molecular flexibility index (Phi) is 6.73. The fraction of sp³-hybridized carbons (Fsp3) is 0. The molecule has 270 valence electrons. The van der Waals surface area contributed by atoms with Gasteiger partial charge < -0.3 is 0 Å². The fourth-order valence-electron chi connectivity index (χ4n) is 10.0. The third-order valence-electron chi connectivity index (χ3n) is 12.8. The minimum absolute atomic E-state index is 0.673. The van der Waals surface area contributed by atoms with Crippen LogP contribution in [0.15, 0.2) is 188 Å². The van der Waals surface area contributed by atoms with Gasteiger partial charge in [0.15, 0.2) is 0 Å². The molecule has 0 saturated heterocycles. The maximum Gasteiger partial charge on any atom is 0.0991 e. The van der Waals surface area contributed by atoms with Crippen LogP contribution in [0.25, 0.3) is 129 Å². The Balaban J connectivity index is 0.972. The van der Waals surface area contributed by atoms with Gasteiger partial charge in [0.25, 0.3) is 0 Å². The lowest BCUT2D eigenvalue weighted by molar-refractivity contribution is 1.48. The summed E-state index contributed by atoms with van der Waals surface area (Å²) < 4.78 is 2.70. The number of nitriles is 1. The summed E-state index contributed by atoms with van der Waals surface area (Å²) in [7, 11) is 0. The highest BCUT2D eigenvalue weighted by atomic mass is 32.1. The quantitative estimate of drug-likeness (QED) is 0.165. The summed E-state index contributed by atoms with van der Waals surface area (Å²) in [6, 6.07) is 71.6. The molecule has 1 aromatic heterocycles. The highest BCUT2D eigenvalue weighted by Crippen LogP contribution is 2.47. The summed E-state index contributed by atoms with van der Waals surface area (Å²) >= 11 is 1.92. The number of hydrogen-bond acceptors (Lipinski definition) is 2. The Morgan fingerprint density at radius 1 is 0.322 bits per heavy atom. The topological polar surface area (TPSA) is 23.8 Å². The molecule has 0 unspecified atom stereocenters. The van der Waals surface area contributed by atoms with Crippen LogP contribution in [-0.2, 0) is 0 Å². The predicted molar refractivity (Wildman–Crippen MR) is 254 cm³/mol. The van der Waals surface area contributed by atoms with E-state index in [0.29, 0.717) is 5.56 Å². The van der Waals surface area contributed by atoms with Gasteiger partial charge in [0.1, 0.15) is 0 Å². The molecule has 0 bridgehead atoms. The molecule has 0 spiro atoms. The van der Waals surface area contributed by atoms with Gasteiger partial charge in [-0.05, 0) is 140 Å². The van der Waals surface area contributed by atoms with Gasteiger partial charge in [-0.1, -0.05) is 152 Å². The van der Waals surface area contributed by atoms with E-state index < -0.39 is 0 Å². The lowest BCUT2D eigenvalue weighted by atomic mass is 9.86. The third-order valence-corrected chi connectivity index (χ3v) is 14.0. The fourth-order valence-corrected chi connectivity index (χ4v) is 11.3. The molecule has 13 rings (SSSR count). The number of fused-ring (bicyclic) bond motifs is 11. The first kappa shape index (κ1) is 32.5. The predicted octanol–water partition coefficient (Wildman–Crippen LogP) is 16.4. The van der Waals surface area contributed by atoms with Gasteiger partial charge in [0, 0.05) is 25.6 Å². The van der Waals surface area contributed by atoms with Gasteiger partial charge in [-0.2, -0.15) is 5.26 Å². The smallest absolute Gasteiger partial charge is 0.0991 e. The maximum atomic E-state index is 9.39. The monoisotopic (exact) mass is 761 g/mol. The Hall–Kier alpha value is -7.57. The van der Waals surface area contributed by atoms with E-state index in [1.165, 1.54) is 123 Å². The van der Waals surface area contributed by atoms with Crippen LogP contribution in [0.4, 0.5) is 0 Å². The molecule has 0 N–H and O–H groups in total. The zero-order valence-corrected chi connectivity index (χ0v) is 32.6. The van der Waals surface area contributed by atoms with Crippen molar-refractivity contribution in [3.05, 3.63) is 194 Å². The summed E-state index contributed by atoms with van der Waals surface area (Å²) in [5.41, 5.74) is 7.82. The summed E-state index contributed by atoms with van der Waals surface area (Å²) in [6.45, 7) is 0. The van der Waals surface area contributed by atoms with Crippen LogP contribution in [0, 0.1) is 11.3 Å². The molecule has 0 aliphatic heterocycles. The van der Waals surface area contributed by atoms with Crippen molar-refractivity contribution in [3.63, 3.8) is 0 Å². The first-order valence-electron chi connectivity index (χ1n) is 20.1. The van der Waals surface area contributed by atoms with E-state index in [-0.39, 0.29) is 0 Å². The van der Waals surface area contributed by atoms with E-state index in [4.69, 9.17) is 0 Å². The van der Waals surface area contributed by atoms with Crippen LogP contribution in [0.5, 0.6) is 0 Å². The van der Waals surface area contributed by atoms with Crippen LogP contribution >= 0.6 is 11.3 Å². The summed E-state index contributed by atoms with van der Waals surface area (Å²) in [5, 5.41) is 30.0. The molecule has 0 fully saturated rings. The second-order valence-corrected chi connectivity index (χ2v) is 16.9. The second-order valence-electron chi connectivity index (χ2n) is 15.9. The lowest BCUT2D eigenvalue weighted by Crippen LogP contribution is -1.90. The Bertz CT molecular complexity index is 3940. The highest BCUT2D eigenvalue weighted by molar-refractivity contribution is 7.27. The molecule has 0 aliphatic rings. The Morgan fingerprint density at radius 3 is 1.64 bits per heavy atom. The van der Waals surface area contributed by atoms with Crippen molar-refractivity contribution in [2.24, 2.45) is 0 Å². The van der Waals surface area contributed by atoms with Crippen LogP contribution in [0.1, 0.15) is 5.56 Å². The number of hydrogen-bond donors (Lipinski definition) is 0. The zero-order chi connectivity index (χ0) is 38.8. The number of rotatable bonds is 3. The van der Waals surface area contributed by atoms with Gasteiger partial charge in [-0.3, -0.25) is 0 Å². The average Bonchev–Trinajstić information content (AvgIpc) is 3.67. The van der Waals surface area contributed by atoms with Gasteiger partial charge in [0.05, 0.1) is 11.6 Å². The molecule has 59 heavy (non-hydrogen) atoms. The Labute approximate surface area is 343 Å². The number of nitrogens with zero attached hydrogens (tertiary/aromatic N) is 1. The third kappa shape index (κ3) is 4.71. The Morgan fingerprint density at radius 2 is 0.881 bits per heavy atom. The van der Waals surface area contributed by atoms with Crippen molar-refractivity contribution in [3.8, 4) is 39.4 Å².